The van der Waals surface area contributed by atoms with Gasteiger partial charge in [-0.1, -0.05) is 26.0 Å². The maximum atomic E-state index is 12.4. The van der Waals surface area contributed by atoms with E-state index >= 15 is 0 Å². The Kier molecular flexibility index (Phi) is 5.49. The van der Waals surface area contributed by atoms with Gasteiger partial charge in [0, 0.05) is 31.7 Å². The molecule has 6 heteroatoms. The minimum atomic E-state index is -0.957. The lowest BCUT2D eigenvalue weighted by atomic mass is 9.64. The molecule has 2 rings (SSSR count). The third-order valence-electron chi connectivity index (χ3n) is 4.93. The summed E-state index contributed by atoms with van der Waals surface area (Å²) in [6, 6.07) is 6.50. The van der Waals surface area contributed by atoms with E-state index < -0.39 is 5.97 Å². The molecule has 24 heavy (non-hydrogen) atoms. The third kappa shape index (κ3) is 3.70. The summed E-state index contributed by atoms with van der Waals surface area (Å²) in [6.45, 7) is 7.27. The van der Waals surface area contributed by atoms with Crippen molar-refractivity contribution in [1.29, 1.82) is 0 Å². The standard InChI is InChI=1S/C18H26N2O4/c1-5-24-15-10-14(18(15,2)3)20(4)17(23)19-11-12-6-8-13(9-7-12)16(21)22/h6-9,14-15H,5,10-11H2,1-4H3,(H,19,23)(H,21,22). The van der Waals surface area contributed by atoms with E-state index in [0.717, 1.165) is 12.0 Å². The molecule has 6 nitrogen and oxygen atoms in total. The van der Waals surface area contributed by atoms with E-state index in [9.17, 15) is 9.59 Å². The lowest BCUT2D eigenvalue weighted by Gasteiger charge is -2.54. The number of hydrogen-bond donors (Lipinski definition) is 2. The summed E-state index contributed by atoms with van der Waals surface area (Å²) in [5, 5.41) is 11.8. The van der Waals surface area contributed by atoms with Gasteiger partial charge in [-0.05, 0) is 31.0 Å². The molecule has 2 atom stereocenters. The van der Waals surface area contributed by atoms with Crippen molar-refractivity contribution in [2.24, 2.45) is 5.41 Å². The zero-order valence-electron chi connectivity index (χ0n) is 14.7. The number of amides is 2. The topological polar surface area (TPSA) is 78.9 Å². The van der Waals surface area contributed by atoms with Crippen molar-refractivity contribution in [2.75, 3.05) is 13.7 Å². The summed E-state index contributed by atoms with van der Waals surface area (Å²) in [7, 11) is 1.80. The van der Waals surface area contributed by atoms with Gasteiger partial charge in [0.25, 0.3) is 0 Å². The van der Waals surface area contributed by atoms with Crippen molar-refractivity contribution < 1.29 is 19.4 Å². The third-order valence-corrected chi connectivity index (χ3v) is 4.93. The highest BCUT2D eigenvalue weighted by Gasteiger charge is 2.51. The van der Waals surface area contributed by atoms with E-state index in [1.165, 1.54) is 12.1 Å². The molecule has 0 heterocycles. The summed E-state index contributed by atoms with van der Waals surface area (Å²) in [4.78, 5) is 24.9. The molecule has 0 aromatic heterocycles. The molecule has 1 fully saturated rings. The van der Waals surface area contributed by atoms with E-state index in [4.69, 9.17) is 9.84 Å². The highest BCUT2D eigenvalue weighted by atomic mass is 16.5. The fraction of sp³-hybridized carbons (Fsp3) is 0.556. The molecule has 0 bridgehead atoms. The average Bonchev–Trinajstić information content (AvgIpc) is 2.55. The average molecular weight is 334 g/mol. The first kappa shape index (κ1) is 18.3. The van der Waals surface area contributed by atoms with E-state index in [2.05, 4.69) is 19.2 Å². The van der Waals surface area contributed by atoms with E-state index in [1.54, 1.807) is 24.1 Å². The van der Waals surface area contributed by atoms with Crippen molar-refractivity contribution in [3.8, 4) is 0 Å². The fourth-order valence-electron chi connectivity index (χ4n) is 3.21. The first-order chi connectivity index (χ1) is 11.3. The van der Waals surface area contributed by atoms with Crippen molar-refractivity contribution in [1.82, 2.24) is 10.2 Å². The van der Waals surface area contributed by atoms with Crippen molar-refractivity contribution >= 4 is 12.0 Å². The minimum absolute atomic E-state index is 0.0643. The largest absolute Gasteiger partial charge is 0.478 e. The molecule has 2 unspecified atom stereocenters. The van der Waals surface area contributed by atoms with Crippen LogP contribution in [0.2, 0.25) is 0 Å². The van der Waals surface area contributed by atoms with Crippen LogP contribution in [0.3, 0.4) is 0 Å². The smallest absolute Gasteiger partial charge is 0.335 e. The number of carboxylic acid groups (broad SMARTS) is 1. The Morgan fingerprint density at radius 1 is 1.33 bits per heavy atom. The Hall–Kier alpha value is -2.08. The Morgan fingerprint density at radius 2 is 1.96 bits per heavy atom. The van der Waals surface area contributed by atoms with Crippen LogP contribution in [0.15, 0.2) is 24.3 Å². The highest BCUT2D eigenvalue weighted by molar-refractivity contribution is 5.87. The monoisotopic (exact) mass is 334 g/mol. The molecule has 1 aliphatic carbocycles. The van der Waals surface area contributed by atoms with Gasteiger partial charge in [0.1, 0.15) is 0 Å². The Bertz CT molecular complexity index is 598. The van der Waals surface area contributed by atoms with Crippen molar-refractivity contribution in [2.45, 2.75) is 45.9 Å². The summed E-state index contributed by atoms with van der Waals surface area (Å²) in [6.07, 6.45) is 1.03. The summed E-state index contributed by atoms with van der Waals surface area (Å²) in [5.41, 5.74) is 1.04. The van der Waals surface area contributed by atoms with Gasteiger partial charge >= 0.3 is 12.0 Å². The Labute approximate surface area is 142 Å². The van der Waals surface area contributed by atoms with E-state index in [1.807, 2.05) is 6.92 Å². The van der Waals surface area contributed by atoms with Crippen LogP contribution in [0.25, 0.3) is 0 Å². The van der Waals surface area contributed by atoms with Crippen LogP contribution >= 0.6 is 0 Å². The van der Waals surface area contributed by atoms with Crippen LogP contribution in [-0.2, 0) is 11.3 Å². The Morgan fingerprint density at radius 3 is 2.46 bits per heavy atom. The van der Waals surface area contributed by atoms with Gasteiger partial charge in [-0.25, -0.2) is 9.59 Å². The predicted octanol–water partition coefficient (Wildman–Crippen LogP) is 2.73. The van der Waals surface area contributed by atoms with Gasteiger partial charge in [0.2, 0.25) is 0 Å². The second-order valence-corrected chi connectivity index (χ2v) is 6.79. The molecule has 2 amide bonds. The number of carbonyl (C=O) groups is 2. The normalized spacial score (nSPS) is 21.7. The van der Waals surface area contributed by atoms with Gasteiger partial charge in [-0.3, -0.25) is 0 Å². The van der Waals surface area contributed by atoms with Crippen LogP contribution in [-0.4, -0.2) is 47.8 Å². The van der Waals surface area contributed by atoms with Gasteiger partial charge in [0.15, 0.2) is 0 Å². The van der Waals surface area contributed by atoms with Gasteiger partial charge < -0.3 is 20.1 Å². The van der Waals surface area contributed by atoms with Gasteiger partial charge in [-0.2, -0.15) is 0 Å². The molecule has 0 spiro atoms. The molecule has 1 aliphatic rings. The summed E-state index contributed by atoms with van der Waals surface area (Å²) < 4.78 is 5.71. The first-order valence-corrected chi connectivity index (χ1v) is 8.21. The molecule has 1 aromatic carbocycles. The predicted molar refractivity (Wildman–Crippen MR) is 91.0 cm³/mol. The maximum Gasteiger partial charge on any atom is 0.335 e. The number of rotatable bonds is 6. The Balaban J connectivity index is 1.87. The van der Waals surface area contributed by atoms with Crippen LogP contribution < -0.4 is 5.32 Å². The first-order valence-electron chi connectivity index (χ1n) is 8.21. The molecule has 1 saturated carbocycles. The number of urea groups is 1. The zero-order chi connectivity index (χ0) is 17.9. The van der Waals surface area contributed by atoms with Crippen LogP contribution in [0.1, 0.15) is 43.1 Å². The lowest BCUT2D eigenvalue weighted by molar-refractivity contribution is -0.135. The molecule has 1 aromatic rings. The molecule has 0 aliphatic heterocycles. The van der Waals surface area contributed by atoms with E-state index in [0.29, 0.717) is 13.2 Å². The second kappa shape index (κ2) is 7.21. The zero-order valence-corrected chi connectivity index (χ0v) is 14.7. The fourth-order valence-corrected chi connectivity index (χ4v) is 3.21. The number of aromatic carboxylic acids is 1. The number of carbonyl (C=O) groups excluding carboxylic acids is 1. The van der Waals surface area contributed by atoms with E-state index in [-0.39, 0.29) is 29.2 Å². The number of benzene rings is 1. The molecule has 0 saturated heterocycles. The summed E-state index contributed by atoms with van der Waals surface area (Å²) >= 11 is 0. The molecule has 0 radical (unpaired) electrons. The van der Waals surface area contributed by atoms with Gasteiger partial charge in [0.05, 0.1) is 11.7 Å². The summed E-state index contributed by atoms with van der Waals surface area (Å²) in [5.74, 6) is -0.957. The number of nitrogens with zero attached hydrogens (tertiary/aromatic N) is 1. The molecular formula is C18H26N2O4. The van der Waals surface area contributed by atoms with Crippen LogP contribution in [0.4, 0.5) is 4.79 Å². The number of hydrogen-bond acceptors (Lipinski definition) is 3. The maximum absolute atomic E-state index is 12.4. The SMILES string of the molecule is CCOC1CC(N(C)C(=O)NCc2ccc(C(=O)O)cc2)C1(C)C. The number of carboxylic acids is 1. The van der Waals surface area contributed by atoms with Gasteiger partial charge in [-0.15, -0.1) is 0 Å². The highest BCUT2D eigenvalue weighted by Crippen LogP contribution is 2.45. The number of nitrogens with one attached hydrogen (secondary N) is 1. The molecular weight excluding hydrogens is 308 g/mol. The molecule has 132 valence electrons. The molecule has 2 N–H and O–H groups in total. The lowest BCUT2D eigenvalue weighted by Crippen LogP contribution is -2.63. The minimum Gasteiger partial charge on any atom is -0.478 e. The second-order valence-electron chi connectivity index (χ2n) is 6.79. The van der Waals surface area contributed by atoms with Crippen LogP contribution in [0, 0.1) is 5.41 Å². The number of ether oxygens (including phenoxy) is 1. The van der Waals surface area contributed by atoms with Crippen molar-refractivity contribution in [3.05, 3.63) is 35.4 Å². The van der Waals surface area contributed by atoms with Crippen molar-refractivity contribution in [3.63, 3.8) is 0 Å². The quantitative estimate of drug-likeness (QED) is 0.838. The van der Waals surface area contributed by atoms with Crippen LogP contribution in [0.5, 0.6) is 0 Å².